The van der Waals surface area contributed by atoms with Gasteiger partial charge in [0.1, 0.15) is 5.82 Å². The Morgan fingerprint density at radius 1 is 1.04 bits per heavy atom. The number of nitrogens with zero attached hydrogens (tertiary/aromatic N) is 1. The molecule has 0 aliphatic carbocycles. The Labute approximate surface area is 161 Å². The Bertz CT molecular complexity index is 1130. The van der Waals surface area contributed by atoms with Gasteiger partial charge in [-0.25, -0.2) is 22.7 Å². The van der Waals surface area contributed by atoms with Gasteiger partial charge in [0.05, 0.1) is 22.0 Å². The van der Waals surface area contributed by atoms with E-state index in [0.717, 1.165) is 5.56 Å². The van der Waals surface area contributed by atoms with Crippen molar-refractivity contribution < 1.29 is 17.6 Å². The maximum absolute atomic E-state index is 13.0. The zero-order valence-electron chi connectivity index (χ0n) is 14.8. The molecule has 0 saturated carbocycles. The van der Waals surface area contributed by atoms with Crippen molar-refractivity contribution in [3.8, 4) is 11.3 Å². The molecule has 144 valence electrons. The summed E-state index contributed by atoms with van der Waals surface area (Å²) in [6.45, 7) is 1.73. The summed E-state index contributed by atoms with van der Waals surface area (Å²) < 4.78 is 35.8. The van der Waals surface area contributed by atoms with Gasteiger partial charge in [0, 0.05) is 11.3 Å². The summed E-state index contributed by atoms with van der Waals surface area (Å²) in [6, 6.07) is 14.4. The second-order valence-corrected chi connectivity index (χ2v) is 7.55. The van der Waals surface area contributed by atoms with Crippen LogP contribution in [0.3, 0.4) is 0 Å². The van der Waals surface area contributed by atoms with Crippen LogP contribution in [0.4, 0.5) is 20.6 Å². The van der Waals surface area contributed by atoms with Gasteiger partial charge in [-0.15, -0.1) is 0 Å². The zero-order chi connectivity index (χ0) is 20.3. The van der Waals surface area contributed by atoms with Crippen LogP contribution in [0.2, 0.25) is 0 Å². The van der Waals surface area contributed by atoms with Crippen molar-refractivity contribution in [1.29, 1.82) is 0 Å². The highest BCUT2D eigenvalue weighted by Crippen LogP contribution is 2.22. The highest BCUT2D eigenvalue weighted by Gasteiger charge is 2.11. The molecule has 0 spiro atoms. The summed E-state index contributed by atoms with van der Waals surface area (Å²) in [4.78, 5) is 16.5. The molecular formula is C19H17FN4O3S. The van der Waals surface area contributed by atoms with Crippen molar-refractivity contribution in [2.75, 3.05) is 10.6 Å². The number of hydrogen-bond donors (Lipinski definition) is 3. The van der Waals surface area contributed by atoms with Gasteiger partial charge < -0.3 is 10.6 Å². The van der Waals surface area contributed by atoms with Crippen molar-refractivity contribution in [3.05, 3.63) is 72.2 Å². The van der Waals surface area contributed by atoms with Crippen molar-refractivity contribution in [2.45, 2.75) is 11.8 Å². The number of anilines is 2. The largest absolute Gasteiger partial charge is 0.323 e. The van der Waals surface area contributed by atoms with Crippen LogP contribution >= 0.6 is 0 Å². The fourth-order valence-electron chi connectivity index (χ4n) is 2.51. The van der Waals surface area contributed by atoms with Crippen LogP contribution in [0.5, 0.6) is 0 Å². The van der Waals surface area contributed by atoms with E-state index in [1.54, 1.807) is 31.2 Å². The second-order valence-electron chi connectivity index (χ2n) is 5.99. The minimum Gasteiger partial charge on any atom is -0.308 e. The minimum absolute atomic E-state index is 0.105. The molecule has 0 saturated heterocycles. The van der Waals surface area contributed by atoms with E-state index >= 15 is 0 Å². The molecule has 2 amide bonds. The number of nitrogens with two attached hydrogens (primary N) is 1. The van der Waals surface area contributed by atoms with E-state index in [0.29, 0.717) is 17.1 Å². The van der Waals surface area contributed by atoms with Crippen LogP contribution in [0.25, 0.3) is 11.3 Å². The van der Waals surface area contributed by atoms with E-state index in [2.05, 4.69) is 15.6 Å². The number of primary sulfonamides is 1. The number of urea groups is 1. The van der Waals surface area contributed by atoms with Gasteiger partial charge >= 0.3 is 6.03 Å². The fraction of sp³-hybridized carbons (Fsp3) is 0.0526. The summed E-state index contributed by atoms with van der Waals surface area (Å²) in [7, 11) is -3.87. The lowest BCUT2D eigenvalue weighted by atomic mass is 10.1. The lowest BCUT2D eigenvalue weighted by molar-refractivity contribution is 0.262. The van der Waals surface area contributed by atoms with Gasteiger partial charge in [0.15, 0.2) is 0 Å². The highest BCUT2D eigenvalue weighted by molar-refractivity contribution is 7.89. The number of aromatic nitrogens is 1. The van der Waals surface area contributed by atoms with E-state index < -0.39 is 16.1 Å². The first-order valence-electron chi connectivity index (χ1n) is 8.17. The van der Waals surface area contributed by atoms with E-state index in [-0.39, 0.29) is 16.4 Å². The van der Waals surface area contributed by atoms with Crippen molar-refractivity contribution in [2.24, 2.45) is 5.14 Å². The third kappa shape index (κ3) is 4.70. The Kier molecular flexibility index (Phi) is 5.39. The number of halogens is 1. The standard InChI is InChI=1S/C19H17FN4O3S/c1-12-17(9-10-18(22-12)13-5-7-14(20)8-6-13)24-19(25)23-15-3-2-4-16(11-15)28(21,26)27/h2-11H,1H3,(H2,21,26,27)(H2,23,24,25). The van der Waals surface area contributed by atoms with Gasteiger partial charge in [-0.3, -0.25) is 4.98 Å². The fourth-order valence-corrected chi connectivity index (χ4v) is 3.07. The molecule has 3 rings (SSSR count). The normalized spacial score (nSPS) is 11.1. The Balaban J connectivity index is 1.73. The molecule has 7 nitrogen and oxygen atoms in total. The van der Waals surface area contributed by atoms with Crippen LogP contribution in [0.1, 0.15) is 5.69 Å². The average molecular weight is 400 g/mol. The van der Waals surface area contributed by atoms with E-state index in [9.17, 15) is 17.6 Å². The number of sulfonamides is 1. The van der Waals surface area contributed by atoms with Crippen LogP contribution in [0.15, 0.2) is 65.6 Å². The van der Waals surface area contributed by atoms with Gasteiger partial charge in [-0.05, 0) is 61.5 Å². The maximum atomic E-state index is 13.0. The number of aryl methyl sites for hydroxylation is 1. The summed E-state index contributed by atoms with van der Waals surface area (Å²) in [6.07, 6.45) is 0. The number of carbonyl (C=O) groups excluding carboxylic acids is 1. The van der Waals surface area contributed by atoms with Gasteiger partial charge in [0.25, 0.3) is 0 Å². The summed E-state index contributed by atoms with van der Waals surface area (Å²) in [5.74, 6) is -0.332. The molecule has 0 radical (unpaired) electrons. The lowest BCUT2D eigenvalue weighted by Crippen LogP contribution is -2.20. The zero-order valence-corrected chi connectivity index (χ0v) is 15.6. The third-order valence-corrected chi connectivity index (χ3v) is 4.81. The minimum atomic E-state index is -3.87. The van der Waals surface area contributed by atoms with Crippen LogP contribution < -0.4 is 15.8 Å². The molecule has 2 aromatic carbocycles. The number of benzene rings is 2. The quantitative estimate of drug-likeness (QED) is 0.622. The monoisotopic (exact) mass is 400 g/mol. The molecule has 9 heteroatoms. The Hall–Kier alpha value is -3.30. The van der Waals surface area contributed by atoms with E-state index in [1.165, 1.54) is 36.4 Å². The van der Waals surface area contributed by atoms with Crippen molar-refractivity contribution >= 4 is 27.4 Å². The number of pyridine rings is 1. The predicted molar refractivity (Wildman–Crippen MR) is 105 cm³/mol. The van der Waals surface area contributed by atoms with Crippen LogP contribution in [0, 0.1) is 12.7 Å². The molecule has 1 heterocycles. The van der Waals surface area contributed by atoms with Gasteiger partial charge in [-0.2, -0.15) is 0 Å². The molecule has 0 bridgehead atoms. The average Bonchev–Trinajstić information content (AvgIpc) is 2.63. The number of amides is 2. The first-order chi connectivity index (χ1) is 13.2. The van der Waals surface area contributed by atoms with Crippen molar-refractivity contribution in [1.82, 2.24) is 4.98 Å². The SMILES string of the molecule is Cc1nc(-c2ccc(F)cc2)ccc1NC(=O)Nc1cccc(S(N)(=O)=O)c1. The maximum Gasteiger partial charge on any atom is 0.323 e. The predicted octanol–water partition coefficient (Wildman–Crippen LogP) is 3.49. The lowest BCUT2D eigenvalue weighted by Gasteiger charge is -2.11. The molecular weight excluding hydrogens is 383 g/mol. The number of hydrogen-bond acceptors (Lipinski definition) is 4. The van der Waals surface area contributed by atoms with Gasteiger partial charge in [0.2, 0.25) is 10.0 Å². The van der Waals surface area contributed by atoms with Crippen LogP contribution in [-0.2, 0) is 10.0 Å². The number of nitrogens with one attached hydrogen (secondary N) is 2. The van der Waals surface area contributed by atoms with Crippen molar-refractivity contribution in [3.63, 3.8) is 0 Å². The molecule has 4 N–H and O–H groups in total. The Morgan fingerprint density at radius 3 is 2.39 bits per heavy atom. The summed E-state index contributed by atoms with van der Waals surface area (Å²) >= 11 is 0. The molecule has 1 aromatic heterocycles. The highest BCUT2D eigenvalue weighted by atomic mass is 32.2. The smallest absolute Gasteiger partial charge is 0.308 e. The molecule has 0 unspecified atom stereocenters. The first-order valence-corrected chi connectivity index (χ1v) is 9.71. The van der Waals surface area contributed by atoms with Gasteiger partial charge in [-0.1, -0.05) is 6.07 Å². The van der Waals surface area contributed by atoms with Crippen LogP contribution in [-0.4, -0.2) is 19.4 Å². The summed E-state index contributed by atoms with van der Waals surface area (Å²) in [5, 5.41) is 10.3. The van der Waals surface area contributed by atoms with E-state index in [1.807, 2.05) is 0 Å². The van der Waals surface area contributed by atoms with E-state index in [4.69, 9.17) is 5.14 Å². The molecule has 0 aliphatic heterocycles. The first kappa shape index (κ1) is 19.5. The third-order valence-electron chi connectivity index (χ3n) is 3.89. The number of rotatable bonds is 4. The molecule has 3 aromatic rings. The number of carbonyl (C=O) groups is 1. The summed E-state index contributed by atoms with van der Waals surface area (Å²) in [5.41, 5.74) is 2.71. The molecule has 0 atom stereocenters. The molecule has 28 heavy (non-hydrogen) atoms. The molecule has 0 aliphatic rings. The Morgan fingerprint density at radius 2 is 1.75 bits per heavy atom. The molecule has 0 fully saturated rings. The topological polar surface area (TPSA) is 114 Å². The second kappa shape index (κ2) is 7.75.